The molecule has 0 rings (SSSR count). The van der Waals surface area contributed by atoms with E-state index in [0.717, 1.165) is 0 Å². The van der Waals surface area contributed by atoms with Gasteiger partial charge in [0, 0.05) is 12.5 Å². The van der Waals surface area contributed by atoms with Crippen molar-refractivity contribution >= 4 is 33.1 Å². The number of sulfonamides is 1. The molecule has 6 nitrogen and oxygen atoms in total. The molecule has 0 saturated carbocycles. The summed E-state index contributed by atoms with van der Waals surface area (Å²) in [7, 11) is -3.55. The van der Waals surface area contributed by atoms with Crippen LogP contribution < -0.4 is 16.2 Å². The molecule has 0 aliphatic heterocycles. The van der Waals surface area contributed by atoms with Crippen LogP contribution in [-0.4, -0.2) is 31.1 Å². The SMILES string of the molecule is CC(CC(N)=O)NS(=O)(=O)CC(N)=S. The number of rotatable bonds is 6. The lowest BCUT2D eigenvalue weighted by Gasteiger charge is -2.11. The molecule has 0 fully saturated rings. The van der Waals surface area contributed by atoms with Gasteiger partial charge in [0.2, 0.25) is 15.9 Å². The second kappa shape index (κ2) is 5.23. The van der Waals surface area contributed by atoms with Crippen LogP contribution in [0, 0.1) is 0 Å². The Balaban J connectivity index is 4.22. The van der Waals surface area contributed by atoms with E-state index in [4.69, 9.17) is 11.5 Å². The average molecular weight is 239 g/mol. The Labute approximate surface area is 88.1 Å². The largest absolute Gasteiger partial charge is 0.392 e. The minimum Gasteiger partial charge on any atom is -0.392 e. The summed E-state index contributed by atoms with van der Waals surface area (Å²) in [4.78, 5) is 10.3. The van der Waals surface area contributed by atoms with E-state index in [1.165, 1.54) is 6.92 Å². The van der Waals surface area contributed by atoms with Gasteiger partial charge in [-0.15, -0.1) is 0 Å². The van der Waals surface area contributed by atoms with Crippen LogP contribution in [0.5, 0.6) is 0 Å². The van der Waals surface area contributed by atoms with Gasteiger partial charge in [-0.1, -0.05) is 12.2 Å². The third-order valence-corrected chi connectivity index (χ3v) is 3.00. The number of nitrogens with two attached hydrogens (primary N) is 2. The molecule has 14 heavy (non-hydrogen) atoms. The normalized spacial score (nSPS) is 13.5. The van der Waals surface area contributed by atoms with Crippen LogP contribution in [0.2, 0.25) is 0 Å². The topological polar surface area (TPSA) is 115 Å². The zero-order valence-electron chi connectivity index (χ0n) is 7.69. The maximum atomic E-state index is 11.2. The van der Waals surface area contributed by atoms with Crippen molar-refractivity contribution in [3.63, 3.8) is 0 Å². The van der Waals surface area contributed by atoms with E-state index in [2.05, 4.69) is 16.9 Å². The van der Waals surface area contributed by atoms with Crippen molar-refractivity contribution in [2.45, 2.75) is 19.4 Å². The number of primary amides is 1. The maximum absolute atomic E-state index is 11.2. The lowest BCUT2D eigenvalue weighted by atomic mass is 10.2. The summed E-state index contributed by atoms with van der Waals surface area (Å²) in [6.07, 6.45) is -0.0590. The summed E-state index contributed by atoms with van der Waals surface area (Å²) in [5.41, 5.74) is 9.97. The molecular weight excluding hydrogens is 226 g/mol. The fourth-order valence-corrected chi connectivity index (χ4v) is 2.50. The Bertz CT molecular complexity index is 325. The number of hydrogen-bond donors (Lipinski definition) is 3. The standard InChI is InChI=1S/C6H13N3O3S2/c1-4(2-5(7)10)9-14(11,12)3-6(8)13/h4,9H,2-3H2,1H3,(H2,7,10)(H2,8,13). The van der Waals surface area contributed by atoms with Crippen molar-refractivity contribution < 1.29 is 13.2 Å². The van der Waals surface area contributed by atoms with Crippen LogP contribution in [0.1, 0.15) is 13.3 Å². The van der Waals surface area contributed by atoms with E-state index in [0.29, 0.717) is 0 Å². The fraction of sp³-hybridized carbons (Fsp3) is 0.667. The molecule has 1 unspecified atom stereocenters. The van der Waals surface area contributed by atoms with Gasteiger partial charge >= 0.3 is 0 Å². The van der Waals surface area contributed by atoms with Gasteiger partial charge in [0.05, 0.1) is 4.99 Å². The Morgan fingerprint density at radius 2 is 2.00 bits per heavy atom. The first kappa shape index (κ1) is 13.3. The van der Waals surface area contributed by atoms with Crippen LogP contribution in [0.15, 0.2) is 0 Å². The summed E-state index contributed by atoms with van der Waals surface area (Å²) in [6, 6.07) is -0.549. The molecule has 0 heterocycles. The summed E-state index contributed by atoms with van der Waals surface area (Å²) in [5, 5.41) is 0. The fourth-order valence-electron chi connectivity index (χ4n) is 0.879. The monoisotopic (exact) mass is 239 g/mol. The third-order valence-electron chi connectivity index (χ3n) is 1.22. The summed E-state index contributed by atoms with van der Waals surface area (Å²) >= 11 is 4.45. The van der Waals surface area contributed by atoms with Gasteiger partial charge in [-0.2, -0.15) is 0 Å². The van der Waals surface area contributed by atoms with Gasteiger partial charge in [0.1, 0.15) is 5.75 Å². The Kier molecular flexibility index (Phi) is 4.95. The molecule has 0 aromatic heterocycles. The van der Waals surface area contributed by atoms with Crippen LogP contribution in [0.3, 0.4) is 0 Å². The van der Waals surface area contributed by atoms with Crippen molar-refractivity contribution in [3.8, 4) is 0 Å². The van der Waals surface area contributed by atoms with E-state index >= 15 is 0 Å². The Hall–Kier alpha value is -0.730. The average Bonchev–Trinajstić information content (AvgIpc) is 1.77. The number of hydrogen-bond acceptors (Lipinski definition) is 4. The zero-order chi connectivity index (χ0) is 11.4. The minimum absolute atomic E-state index is 0.0590. The first-order chi connectivity index (χ1) is 6.23. The van der Waals surface area contributed by atoms with Crippen LogP contribution in [0.25, 0.3) is 0 Å². The highest BCUT2D eigenvalue weighted by molar-refractivity contribution is 7.92. The van der Waals surface area contributed by atoms with Crippen LogP contribution in [-0.2, 0) is 14.8 Å². The maximum Gasteiger partial charge on any atom is 0.219 e. The second-order valence-electron chi connectivity index (χ2n) is 2.91. The first-order valence-electron chi connectivity index (χ1n) is 3.79. The summed E-state index contributed by atoms with van der Waals surface area (Å²) in [5.74, 6) is -0.999. The lowest BCUT2D eigenvalue weighted by Crippen LogP contribution is -2.39. The molecule has 0 spiro atoms. The molecule has 0 bridgehead atoms. The molecule has 0 radical (unpaired) electrons. The van der Waals surface area contributed by atoms with Crippen molar-refractivity contribution in [1.82, 2.24) is 4.72 Å². The van der Waals surface area contributed by atoms with Crippen LogP contribution >= 0.6 is 12.2 Å². The molecule has 0 aliphatic carbocycles. The van der Waals surface area contributed by atoms with Gasteiger partial charge in [0.15, 0.2) is 0 Å². The molecule has 82 valence electrons. The number of carbonyl (C=O) groups is 1. The smallest absolute Gasteiger partial charge is 0.219 e. The number of nitrogens with one attached hydrogen (secondary N) is 1. The van der Waals surface area contributed by atoms with Gasteiger partial charge in [-0.25, -0.2) is 13.1 Å². The molecular formula is C6H13N3O3S2. The van der Waals surface area contributed by atoms with E-state index in [9.17, 15) is 13.2 Å². The number of carbonyl (C=O) groups excluding carboxylic acids is 1. The van der Waals surface area contributed by atoms with Gasteiger partial charge in [-0.05, 0) is 6.92 Å². The van der Waals surface area contributed by atoms with E-state index < -0.39 is 27.7 Å². The minimum atomic E-state index is -3.55. The summed E-state index contributed by atoms with van der Waals surface area (Å²) < 4.78 is 24.6. The van der Waals surface area contributed by atoms with Gasteiger partial charge < -0.3 is 11.5 Å². The van der Waals surface area contributed by atoms with E-state index in [1.54, 1.807) is 0 Å². The third kappa shape index (κ3) is 6.75. The van der Waals surface area contributed by atoms with Crippen LogP contribution in [0.4, 0.5) is 0 Å². The number of amides is 1. The van der Waals surface area contributed by atoms with Crippen molar-refractivity contribution in [2.24, 2.45) is 11.5 Å². The second-order valence-corrected chi connectivity index (χ2v) is 5.19. The van der Waals surface area contributed by atoms with Crippen molar-refractivity contribution in [2.75, 3.05) is 5.75 Å². The zero-order valence-corrected chi connectivity index (χ0v) is 9.32. The molecule has 5 N–H and O–H groups in total. The highest BCUT2D eigenvalue weighted by Gasteiger charge is 2.16. The molecule has 0 saturated heterocycles. The quantitative estimate of drug-likeness (QED) is 0.486. The molecule has 0 aromatic rings. The molecule has 0 aliphatic rings. The van der Waals surface area contributed by atoms with E-state index in [-0.39, 0.29) is 11.4 Å². The molecule has 1 atom stereocenters. The highest BCUT2D eigenvalue weighted by atomic mass is 32.2. The highest BCUT2D eigenvalue weighted by Crippen LogP contribution is 1.94. The van der Waals surface area contributed by atoms with Gasteiger partial charge in [-0.3, -0.25) is 4.79 Å². The van der Waals surface area contributed by atoms with Crippen molar-refractivity contribution in [1.29, 1.82) is 0 Å². The lowest BCUT2D eigenvalue weighted by molar-refractivity contribution is -0.118. The van der Waals surface area contributed by atoms with Crippen molar-refractivity contribution in [3.05, 3.63) is 0 Å². The molecule has 8 heteroatoms. The molecule has 1 amide bonds. The first-order valence-corrected chi connectivity index (χ1v) is 5.85. The van der Waals surface area contributed by atoms with E-state index in [1.807, 2.05) is 0 Å². The molecule has 0 aromatic carbocycles. The Morgan fingerprint density at radius 1 is 1.50 bits per heavy atom. The predicted molar refractivity (Wildman–Crippen MR) is 57.0 cm³/mol. The summed E-state index contributed by atoms with van der Waals surface area (Å²) in [6.45, 7) is 1.53. The Morgan fingerprint density at radius 3 is 2.36 bits per heavy atom. The van der Waals surface area contributed by atoms with Gasteiger partial charge in [0.25, 0.3) is 0 Å². The number of thiocarbonyl (C=S) groups is 1. The predicted octanol–water partition coefficient (Wildman–Crippen LogP) is -1.54.